The van der Waals surface area contributed by atoms with Gasteiger partial charge in [0.1, 0.15) is 13.2 Å². The zero-order valence-electron chi connectivity index (χ0n) is 47.5. The third kappa shape index (κ3) is 58.2. The van der Waals surface area contributed by atoms with Crippen LogP contribution in [0.5, 0.6) is 0 Å². The second-order valence-electron chi connectivity index (χ2n) is 19.2. The van der Waals surface area contributed by atoms with E-state index in [2.05, 4.69) is 161 Å². The molecule has 0 aromatic rings. The van der Waals surface area contributed by atoms with Gasteiger partial charge in [0.25, 0.3) is 0 Å². The number of carbonyl (C=O) groups excluding carboxylic acids is 3. The van der Waals surface area contributed by atoms with Crippen molar-refractivity contribution in [2.75, 3.05) is 13.2 Å². The maximum Gasteiger partial charge on any atom is 0.306 e. The topological polar surface area (TPSA) is 78.9 Å². The van der Waals surface area contributed by atoms with E-state index in [0.717, 1.165) is 128 Å². The molecule has 0 radical (unpaired) electrons. The average molecular weight is 1020 g/mol. The van der Waals surface area contributed by atoms with Crippen molar-refractivity contribution < 1.29 is 28.6 Å². The van der Waals surface area contributed by atoms with Crippen LogP contribution in [0.2, 0.25) is 0 Å². The molecule has 0 spiro atoms. The summed E-state index contributed by atoms with van der Waals surface area (Å²) >= 11 is 0. The first-order valence-electron chi connectivity index (χ1n) is 29.9. The lowest BCUT2D eigenvalue weighted by Gasteiger charge is -2.18. The Morgan fingerprint density at radius 1 is 0.297 bits per heavy atom. The van der Waals surface area contributed by atoms with Gasteiger partial charge in [-0.05, 0) is 116 Å². The summed E-state index contributed by atoms with van der Waals surface area (Å²) in [5, 5.41) is 0. The fraction of sp³-hybridized carbons (Fsp3) is 0.603. The second-order valence-corrected chi connectivity index (χ2v) is 19.2. The second kappa shape index (κ2) is 60.8. The van der Waals surface area contributed by atoms with Crippen LogP contribution in [-0.4, -0.2) is 37.2 Å². The van der Waals surface area contributed by atoms with Crippen LogP contribution in [0.4, 0.5) is 0 Å². The van der Waals surface area contributed by atoms with Gasteiger partial charge in [-0.25, -0.2) is 0 Å². The summed E-state index contributed by atoms with van der Waals surface area (Å²) in [6.07, 6.45) is 87.0. The van der Waals surface area contributed by atoms with E-state index >= 15 is 0 Å². The summed E-state index contributed by atoms with van der Waals surface area (Å²) in [6.45, 7) is 6.31. The predicted molar refractivity (Wildman–Crippen MR) is 320 cm³/mol. The third-order valence-corrected chi connectivity index (χ3v) is 12.1. The number of unbranched alkanes of at least 4 members (excludes halogenated alkanes) is 19. The van der Waals surface area contributed by atoms with Crippen molar-refractivity contribution in [3.05, 3.63) is 146 Å². The molecule has 1 atom stereocenters. The number of hydrogen-bond acceptors (Lipinski definition) is 6. The maximum atomic E-state index is 12.9. The maximum absolute atomic E-state index is 12.9. The molecule has 0 fully saturated rings. The number of rotatable bonds is 52. The molecule has 0 amide bonds. The van der Waals surface area contributed by atoms with Gasteiger partial charge in [0.15, 0.2) is 6.10 Å². The Morgan fingerprint density at radius 2 is 0.608 bits per heavy atom. The molecule has 0 bridgehead atoms. The molecule has 0 heterocycles. The normalized spacial score (nSPS) is 13.2. The molecule has 0 aromatic carbocycles. The molecule has 0 N–H and O–H groups in total. The lowest BCUT2D eigenvalue weighted by molar-refractivity contribution is -0.166. The molecule has 0 rings (SSSR count). The molecular weight excluding hydrogens is 913 g/mol. The summed E-state index contributed by atoms with van der Waals surface area (Å²) in [7, 11) is 0. The first-order valence-corrected chi connectivity index (χ1v) is 29.9. The van der Waals surface area contributed by atoms with E-state index in [1.54, 1.807) is 0 Å². The van der Waals surface area contributed by atoms with Crippen LogP contribution < -0.4 is 0 Å². The van der Waals surface area contributed by atoms with Crippen LogP contribution in [-0.2, 0) is 28.6 Å². The van der Waals surface area contributed by atoms with E-state index in [1.165, 1.54) is 70.6 Å². The van der Waals surface area contributed by atoms with E-state index < -0.39 is 6.10 Å². The van der Waals surface area contributed by atoms with Crippen LogP contribution in [0.1, 0.15) is 245 Å². The van der Waals surface area contributed by atoms with Gasteiger partial charge < -0.3 is 14.2 Å². The van der Waals surface area contributed by atoms with Crippen LogP contribution in [0.3, 0.4) is 0 Å². The van der Waals surface area contributed by atoms with Gasteiger partial charge >= 0.3 is 17.9 Å². The van der Waals surface area contributed by atoms with Crippen molar-refractivity contribution in [1.82, 2.24) is 0 Å². The Morgan fingerprint density at radius 3 is 1.01 bits per heavy atom. The van der Waals surface area contributed by atoms with Crippen molar-refractivity contribution in [3.63, 3.8) is 0 Å². The van der Waals surface area contributed by atoms with Crippen molar-refractivity contribution in [3.8, 4) is 0 Å². The Bertz CT molecular complexity index is 1640. The molecule has 74 heavy (non-hydrogen) atoms. The Hall–Kier alpha value is -4.71. The van der Waals surface area contributed by atoms with Crippen LogP contribution in [0, 0.1) is 0 Å². The zero-order valence-corrected chi connectivity index (χ0v) is 47.5. The molecule has 6 nitrogen and oxygen atoms in total. The molecule has 0 aliphatic heterocycles. The zero-order chi connectivity index (χ0) is 53.6. The standard InChI is InChI=1S/C68H108O6/c1-4-7-10-13-16-19-22-25-28-31-34-37-40-43-46-49-52-55-58-61-67(70)73-64-65(63-72-66(69)60-57-54-51-48-45-42-39-36-33-30-27-24-21-18-15-12-9-6-3)74-68(71)62-59-56-53-50-47-44-41-38-35-32-29-26-23-20-17-14-11-8-5-2/h7-8,10-11,16-17,19-20,24-30,33-34,36-37,39,43,46,52,55,65H,4-6,9,12-15,18,21-23,31-32,35,38,40-42,44-45,47-51,53-54,56-64H2,1-3H3/b10-7-,11-8-,19-16-,20-17-,27-24-,28-25-,29-26-,33-30-,37-34-,39-36-,46-43-,55-52-. The van der Waals surface area contributed by atoms with Crippen molar-refractivity contribution in [2.24, 2.45) is 0 Å². The van der Waals surface area contributed by atoms with Crippen molar-refractivity contribution in [2.45, 2.75) is 252 Å². The Balaban J connectivity index is 4.57. The molecule has 0 aliphatic rings. The van der Waals surface area contributed by atoms with Gasteiger partial charge in [-0.2, -0.15) is 0 Å². The minimum Gasteiger partial charge on any atom is -0.462 e. The highest BCUT2D eigenvalue weighted by molar-refractivity contribution is 5.71. The highest BCUT2D eigenvalue weighted by Gasteiger charge is 2.19. The van der Waals surface area contributed by atoms with Gasteiger partial charge in [-0.1, -0.05) is 256 Å². The molecular formula is C68H108O6. The van der Waals surface area contributed by atoms with Crippen LogP contribution in [0.25, 0.3) is 0 Å². The Kier molecular flexibility index (Phi) is 57.0. The predicted octanol–water partition coefficient (Wildman–Crippen LogP) is 20.4. The largest absolute Gasteiger partial charge is 0.462 e. The molecule has 0 aromatic heterocycles. The van der Waals surface area contributed by atoms with Crippen molar-refractivity contribution >= 4 is 17.9 Å². The monoisotopic (exact) mass is 1020 g/mol. The van der Waals surface area contributed by atoms with E-state index in [9.17, 15) is 14.4 Å². The summed E-state index contributed by atoms with van der Waals surface area (Å²) in [5.41, 5.74) is 0. The molecule has 1 unspecified atom stereocenters. The SMILES string of the molecule is CC/C=C\C/C=C\C/C=C\C/C=C\C/C=C\C/C=C\CCC(=O)OCC(COC(=O)CCCCCCC\C=C/C=C\C=C/CCCCCCC)OC(=O)CCCCCCCCCCC/C=C\C/C=C\C/C=C\CC. The lowest BCUT2D eigenvalue weighted by atomic mass is 10.1. The summed E-state index contributed by atoms with van der Waals surface area (Å²) < 4.78 is 16.8. The van der Waals surface area contributed by atoms with Crippen LogP contribution in [0.15, 0.2) is 146 Å². The minimum absolute atomic E-state index is 0.120. The summed E-state index contributed by atoms with van der Waals surface area (Å²) in [5.74, 6) is -1.03. The fourth-order valence-electron chi connectivity index (χ4n) is 7.72. The Labute approximate surface area is 455 Å². The molecule has 0 aliphatic carbocycles. The van der Waals surface area contributed by atoms with Gasteiger partial charge in [-0.15, -0.1) is 0 Å². The summed E-state index contributed by atoms with van der Waals surface area (Å²) in [4.78, 5) is 38.2. The van der Waals surface area contributed by atoms with E-state index in [0.29, 0.717) is 19.3 Å². The molecule has 416 valence electrons. The smallest absolute Gasteiger partial charge is 0.306 e. The first-order chi connectivity index (χ1) is 36.5. The molecule has 0 saturated carbocycles. The molecule has 6 heteroatoms. The quantitative estimate of drug-likeness (QED) is 0.0199. The highest BCUT2D eigenvalue weighted by atomic mass is 16.6. The minimum atomic E-state index is -0.828. The molecule has 0 saturated heterocycles. The van der Waals surface area contributed by atoms with Gasteiger partial charge in [0.05, 0.1) is 0 Å². The van der Waals surface area contributed by atoms with Crippen molar-refractivity contribution in [1.29, 1.82) is 0 Å². The number of carbonyl (C=O) groups is 3. The number of ether oxygens (including phenoxy) is 3. The highest BCUT2D eigenvalue weighted by Crippen LogP contribution is 2.14. The average Bonchev–Trinajstić information content (AvgIpc) is 3.40. The fourth-order valence-corrected chi connectivity index (χ4v) is 7.72. The first kappa shape index (κ1) is 69.3. The van der Waals surface area contributed by atoms with E-state index in [1.807, 2.05) is 6.08 Å². The van der Waals surface area contributed by atoms with Gasteiger partial charge in [0, 0.05) is 19.3 Å². The van der Waals surface area contributed by atoms with Gasteiger partial charge in [0.2, 0.25) is 0 Å². The third-order valence-electron chi connectivity index (χ3n) is 12.1. The number of allylic oxidation sites excluding steroid dienone is 24. The number of esters is 3. The van der Waals surface area contributed by atoms with E-state index in [4.69, 9.17) is 14.2 Å². The van der Waals surface area contributed by atoms with Gasteiger partial charge in [-0.3, -0.25) is 14.4 Å². The van der Waals surface area contributed by atoms with E-state index in [-0.39, 0.29) is 37.5 Å². The summed E-state index contributed by atoms with van der Waals surface area (Å²) in [6, 6.07) is 0. The lowest BCUT2D eigenvalue weighted by Crippen LogP contribution is -2.30. The number of hydrogen-bond donors (Lipinski definition) is 0. The van der Waals surface area contributed by atoms with Crippen LogP contribution >= 0.6 is 0 Å².